The number of nitrogens with one attached hydrogen (secondary N) is 2. The Morgan fingerprint density at radius 1 is 1.53 bits per heavy atom. The first-order chi connectivity index (χ1) is 6.88. The van der Waals surface area contributed by atoms with Crippen LogP contribution >= 0.6 is 0 Å². The summed E-state index contributed by atoms with van der Waals surface area (Å²) in [7, 11) is 0. The van der Waals surface area contributed by atoms with Gasteiger partial charge in [-0.15, -0.1) is 0 Å². The van der Waals surface area contributed by atoms with Gasteiger partial charge in [-0.2, -0.15) is 0 Å². The first kappa shape index (κ1) is 12.5. The van der Waals surface area contributed by atoms with Gasteiger partial charge in [0.05, 0.1) is 0 Å². The third kappa shape index (κ3) is 4.62. The molecule has 4 heteroatoms. The first-order valence-corrected chi connectivity index (χ1v) is 5.58. The van der Waals surface area contributed by atoms with Crippen molar-refractivity contribution in [2.24, 2.45) is 0 Å². The van der Waals surface area contributed by atoms with E-state index in [-0.39, 0.29) is 12.0 Å². The largest absolute Gasteiger partial charge is 0.459 e. The van der Waals surface area contributed by atoms with Gasteiger partial charge in [-0.25, -0.2) is 0 Å². The minimum atomic E-state index is -0.402. The summed E-state index contributed by atoms with van der Waals surface area (Å²) in [6.45, 7) is 9.47. The average Bonchev–Trinajstić information content (AvgIpc) is 2.53. The topological polar surface area (TPSA) is 50.4 Å². The van der Waals surface area contributed by atoms with E-state index in [2.05, 4.69) is 10.6 Å². The third-order valence-electron chi connectivity index (χ3n) is 2.31. The van der Waals surface area contributed by atoms with E-state index in [1.165, 1.54) is 0 Å². The van der Waals surface area contributed by atoms with Crippen molar-refractivity contribution in [3.63, 3.8) is 0 Å². The van der Waals surface area contributed by atoms with Gasteiger partial charge in [-0.05, 0) is 40.7 Å². The number of carbonyl (C=O) groups is 1. The van der Waals surface area contributed by atoms with E-state index in [9.17, 15) is 4.79 Å². The van der Waals surface area contributed by atoms with Crippen molar-refractivity contribution in [2.45, 2.75) is 51.8 Å². The van der Waals surface area contributed by atoms with Crippen molar-refractivity contribution >= 4 is 5.97 Å². The molecule has 0 aromatic heterocycles. The number of hydrogen-bond acceptors (Lipinski definition) is 4. The Bertz CT molecular complexity index is 217. The van der Waals surface area contributed by atoms with Crippen molar-refractivity contribution in [3.05, 3.63) is 0 Å². The van der Waals surface area contributed by atoms with Crippen molar-refractivity contribution < 1.29 is 9.53 Å². The molecule has 88 valence electrons. The second-order valence-corrected chi connectivity index (χ2v) is 5.11. The standard InChI is InChI=1S/C11H22N2O2/c1-8(10(14)15-11(2,3)4)13-9-5-6-12-7-9/h8-9,12-13H,5-7H2,1-4H3. The molecule has 1 rings (SSSR count). The molecule has 1 aliphatic heterocycles. The zero-order valence-electron chi connectivity index (χ0n) is 10.1. The fraction of sp³-hybridized carbons (Fsp3) is 0.909. The van der Waals surface area contributed by atoms with Crippen LogP contribution in [0.15, 0.2) is 0 Å². The molecule has 0 saturated carbocycles. The Kier molecular flexibility index (Phi) is 4.11. The minimum absolute atomic E-state index is 0.172. The molecule has 1 saturated heterocycles. The van der Waals surface area contributed by atoms with Crippen LogP contribution in [0.1, 0.15) is 34.1 Å². The summed E-state index contributed by atoms with van der Waals surface area (Å²) in [6, 6.07) is 0.168. The van der Waals surface area contributed by atoms with Crippen molar-refractivity contribution in [1.82, 2.24) is 10.6 Å². The minimum Gasteiger partial charge on any atom is -0.459 e. The van der Waals surface area contributed by atoms with E-state index < -0.39 is 5.60 Å². The fourth-order valence-corrected chi connectivity index (χ4v) is 1.61. The molecule has 1 heterocycles. The highest BCUT2D eigenvalue weighted by Gasteiger charge is 2.24. The van der Waals surface area contributed by atoms with Crippen LogP contribution in [0, 0.1) is 0 Å². The van der Waals surface area contributed by atoms with Gasteiger partial charge in [0.2, 0.25) is 0 Å². The average molecular weight is 214 g/mol. The summed E-state index contributed by atoms with van der Waals surface area (Å²) in [6.07, 6.45) is 1.08. The second kappa shape index (κ2) is 4.94. The Morgan fingerprint density at radius 3 is 2.67 bits per heavy atom. The monoisotopic (exact) mass is 214 g/mol. The van der Waals surface area contributed by atoms with Gasteiger partial charge in [-0.1, -0.05) is 0 Å². The molecule has 0 radical (unpaired) electrons. The van der Waals surface area contributed by atoms with Gasteiger partial charge >= 0.3 is 5.97 Å². The molecule has 0 bridgehead atoms. The molecule has 1 aliphatic rings. The molecule has 2 unspecified atom stereocenters. The maximum absolute atomic E-state index is 11.6. The lowest BCUT2D eigenvalue weighted by molar-refractivity contribution is -0.157. The van der Waals surface area contributed by atoms with Crippen LogP contribution in [0.4, 0.5) is 0 Å². The summed E-state index contributed by atoms with van der Waals surface area (Å²) in [5.74, 6) is -0.172. The highest BCUT2D eigenvalue weighted by atomic mass is 16.6. The predicted octanol–water partition coefficient (Wildman–Crippen LogP) is 0.668. The molecule has 2 N–H and O–H groups in total. The zero-order valence-corrected chi connectivity index (χ0v) is 10.1. The maximum Gasteiger partial charge on any atom is 0.323 e. The van der Waals surface area contributed by atoms with Gasteiger partial charge < -0.3 is 15.4 Å². The van der Waals surface area contributed by atoms with Crippen LogP contribution in [0.2, 0.25) is 0 Å². The Labute approximate surface area is 91.8 Å². The van der Waals surface area contributed by atoms with Crippen LogP contribution in [0.5, 0.6) is 0 Å². The lowest BCUT2D eigenvalue weighted by Gasteiger charge is -2.24. The molecule has 0 amide bonds. The van der Waals surface area contributed by atoms with Gasteiger partial charge in [0.15, 0.2) is 0 Å². The molecule has 15 heavy (non-hydrogen) atoms. The number of esters is 1. The summed E-state index contributed by atoms with van der Waals surface area (Å²) in [4.78, 5) is 11.6. The summed E-state index contributed by atoms with van der Waals surface area (Å²) in [5.41, 5.74) is -0.402. The van der Waals surface area contributed by atoms with Gasteiger partial charge in [-0.3, -0.25) is 4.79 Å². The van der Waals surface area contributed by atoms with Crippen LogP contribution < -0.4 is 10.6 Å². The van der Waals surface area contributed by atoms with Gasteiger partial charge in [0, 0.05) is 12.6 Å². The molecule has 2 atom stereocenters. The maximum atomic E-state index is 11.6. The number of hydrogen-bond donors (Lipinski definition) is 2. The highest BCUT2D eigenvalue weighted by molar-refractivity contribution is 5.75. The molecule has 0 aromatic rings. The normalized spacial score (nSPS) is 23.9. The number of rotatable bonds is 3. The van der Waals surface area contributed by atoms with E-state index >= 15 is 0 Å². The molecule has 4 nitrogen and oxygen atoms in total. The Balaban J connectivity index is 2.32. The first-order valence-electron chi connectivity index (χ1n) is 5.58. The highest BCUT2D eigenvalue weighted by Crippen LogP contribution is 2.09. The molecule has 0 aromatic carbocycles. The summed E-state index contributed by atoms with van der Waals surface area (Å²) in [5, 5.41) is 6.51. The third-order valence-corrected chi connectivity index (χ3v) is 2.31. The predicted molar refractivity (Wildman–Crippen MR) is 59.7 cm³/mol. The van der Waals surface area contributed by atoms with Crippen molar-refractivity contribution in [2.75, 3.05) is 13.1 Å². The smallest absolute Gasteiger partial charge is 0.323 e. The molecule has 0 aliphatic carbocycles. The van der Waals surface area contributed by atoms with Gasteiger partial charge in [0.1, 0.15) is 11.6 Å². The van der Waals surface area contributed by atoms with Crippen molar-refractivity contribution in [3.8, 4) is 0 Å². The molecular weight excluding hydrogens is 192 g/mol. The lowest BCUT2D eigenvalue weighted by atomic mass is 10.2. The second-order valence-electron chi connectivity index (χ2n) is 5.11. The van der Waals surface area contributed by atoms with E-state index in [1.54, 1.807) is 0 Å². The van der Waals surface area contributed by atoms with Crippen molar-refractivity contribution in [1.29, 1.82) is 0 Å². The van der Waals surface area contributed by atoms with E-state index in [0.717, 1.165) is 19.5 Å². The van der Waals surface area contributed by atoms with Gasteiger partial charge in [0.25, 0.3) is 0 Å². The molecule has 1 fully saturated rings. The van der Waals surface area contributed by atoms with E-state index in [4.69, 9.17) is 4.74 Å². The molecule has 0 spiro atoms. The van der Waals surface area contributed by atoms with Crippen LogP contribution in [0.25, 0.3) is 0 Å². The summed E-state index contributed by atoms with van der Waals surface area (Å²) >= 11 is 0. The number of ether oxygens (including phenoxy) is 1. The Morgan fingerprint density at radius 2 is 2.20 bits per heavy atom. The van der Waals surface area contributed by atoms with E-state index in [0.29, 0.717) is 6.04 Å². The van der Waals surface area contributed by atoms with Crippen LogP contribution in [0.3, 0.4) is 0 Å². The van der Waals surface area contributed by atoms with Crippen LogP contribution in [-0.4, -0.2) is 36.7 Å². The fourth-order valence-electron chi connectivity index (χ4n) is 1.61. The Hall–Kier alpha value is -0.610. The summed E-state index contributed by atoms with van der Waals surface area (Å²) < 4.78 is 5.29. The lowest BCUT2D eigenvalue weighted by Crippen LogP contribution is -2.45. The molecular formula is C11H22N2O2. The number of carbonyl (C=O) groups excluding carboxylic acids is 1. The van der Waals surface area contributed by atoms with Crippen LogP contribution in [-0.2, 0) is 9.53 Å². The SMILES string of the molecule is CC(NC1CCNC1)C(=O)OC(C)(C)C. The zero-order chi connectivity index (χ0) is 11.5. The quantitative estimate of drug-likeness (QED) is 0.678. The van der Waals surface area contributed by atoms with E-state index in [1.807, 2.05) is 27.7 Å².